The van der Waals surface area contributed by atoms with Gasteiger partial charge in [-0.25, -0.2) is 4.98 Å². The fourth-order valence-electron chi connectivity index (χ4n) is 2.18. The Kier molecular flexibility index (Phi) is 2.45. The molecule has 0 aliphatic carbocycles. The second-order valence-electron chi connectivity index (χ2n) is 4.18. The maximum Gasteiger partial charge on any atom is 0.166 e. The molecule has 0 atom stereocenters. The number of fused-ring (bicyclic) bond motifs is 1. The Morgan fingerprint density at radius 1 is 1.06 bits per heavy atom. The average Bonchev–Trinajstić information content (AvgIpc) is 2.77. The lowest BCUT2D eigenvalue weighted by molar-refractivity contribution is 0.111. The lowest BCUT2D eigenvalue weighted by Crippen LogP contribution is -1.97. The SMILES string of the molecule is Cc1nc(-c2ccccc2)n2c(C=O)cccc12. The Bertz CT molecular complexity index is 714. The summed E-state index contributed by atoms with van der Waals surface area (Å²) in [6.07, 6.45) is 0.862. The maximum absolute atomic E-state index is 11.2. The standard InChI is InChI=1S/C15H12N2O/c1-11-14-9-5-8-13(10-18)17(14)15(16-11)12-6-3-2-4-7-12/h2-10H,1H3. The highest BCUT2D eigenvalue weighted by Crippen LogP contribution is 2.23. The van der Waals surface area contributed by atoms with Crippen LogP contribution < -0.4 is 0 Å². The van der Waals surface area contributed by atoms with E-state index >= 15 is 0 Å². The van der Waals surface area contributed by atoms with Crippen LogP contribution in [0, 0.1) is 6.92 Å². The molecule has 0 radical (unpaired) electrons. The highest BCUT2D eigenvalue weighted by atomic mass is 16.1. The monoisotopic (exact) mass is 236 g/mol. The topological polar surface area (TPSA) is 34.4 Å². The van der Waals surface area contributed by atoms with Gasteiger partial charge in [-0.1, -0.05) is 36.4 Å². The maximum atomic E-state index is 11.2. The summed E-state index contributed by atoms with van der Waals surface area (Å²) in [7, 11) is 0. The molecule has 3 rings (SSSR count). The molecule has 0 amide bonds. The van der Waals surface area contributed by atoms with Gasteiger partial charge < -0.3 is 0 Å². The third-order valence-corrected chi connectivity index (χ3v) is 3.03. The molecule has 0 aliphatic heterocycles. The molecule has 0 N–H and O–H groups in total. The molecule has 2 heterocycles. The number of aromatic nitrogens is 2. The van der Waals surface area contributed by atoms with Crippen molar-refractivity contribution in [3.63, 3.8) is 0 Å². The van der Waals surface area contributed by atoms with E-state index in [9.17, 15) is 4.79 Å². The molecule has 3 aromatic rings. The molecule has 88 valence electrons. The zero-order chi connectivity index (χ0) is 12.5. The summed E-state index contributed by atoms with van der Waals surface area (Å²) in [6.45, 7) is 1.95. The number of imidazole rings is 1. The van der Waals surface area contributed by atoms with E-state index in [1.165, 1.54) is 0 Å². The summed E-state index contributed by atoms with van der Waals surface area (Å²) in [5.74, 6) is 0.811. The van der Waals surface area contributed by atoms with E-state index in [4.69, 9.17) is 0 Å². The number of carbonyl (C=O) groups excluding carboxylic acids is 1. The predicted molar refractivity (Wildman–Crippen MR) is 70.8 cm³/mol. The third-order valence-electron chi connectivity index (χ3n) is 3.03. The minimum atomic E-state index is 0.618. The van der Waals surface area contributed by atoms with E-state index in [1.54, 1.807) is 6.07 Å². The summed E-state index contributed by atoms with van der Waals surface area (Å²) in [5.41, 5.74) is 3.53. The van der Waals surface area contributed by atoms with E-state index in [0.717, 1.165) is 28.9 Å². The Morgan fingerprint density at radius 3 is 2.56 bits per heavy atom. The average molecular weight is 236 g/mol. The molecule has 2 aromatic heterocycles. The van der Waals surface area contributed by atoms with Crippen molar-refractivity contribution in [2.45, 2.75) is 6.92 Å². The Hall–Kier alpha value is -2.42. The van der Waals surface area contributed by atoms with Gasteiger partial charge in [-0.3, -0.25) is 9.20 Å². The molecular formula is C15H12N2O. The van der Waals surface area contributed by atoms with E-state index < -0.39 is 0 Å². The highest BCUT2D eigenvalue weighted by molar-refractivity contribution is 5.78. The van der Waals surface area contributed by atoms with E-state index in [0.29, 0.717) is 5.69 Å². The van der Waals surface area contributed by atoms with Crippen LogP contribution in [0.4, 0.5) is 0 Å². The molecule has 0 spiro atoms. The normalized spacial score (nSPS) is 10.7. The fourth-order valence-corrected chi connectivity index (χ4v) is 2.18. The van der Waals surface area contributed by atoms with Gasteiger partial charge in [0.1, 0.15) is 5.82 Å². The van der Waals surface area contributed by atoms with Crippen LogP contribution in [-0.2, 0) is 0 Å². The highest BCUT2D eigenvalue weighted by Gasteiger charge is 2.11. The van der Waals surface area contributed by atoms with Crippen LogP contribution in [0.5, 0.6) is 0 Å². The summed E-state index contributed by atoms with van der Waals surface area (Å²) in [5, 5.41) is 0. The van der Waals surface area contributed by atoms with Crippen LogP contribution in [0.3, 0.4) is 0 Å². The molecule has 0 unspecified atom stereocenters. The molecular weight excluding hydrogens is 224 g/mol. The molecule has 0 bridgehead atoms. The van der Waals surface area contributed by atoms with Gasteiger partial charge in [-0.15, -0.1) is 0 Å². The molecule has 1 aromatic carbocycles. The lowest BCUT2D eigenvalue weighted by Gasteiger charge is -2.03. The van der Waals surface area contributed by atoms with Gasteiger partial charge in [0.05, 0.1) is 16.9 Å². The number of pyridine rings is 1. The summed E-state index contributed by atoms with van der Waals surface area (Å²) in [4.78, 5) is 15.7. The van der Waals surface area contributed by atoms with Gasteiger partial charge >= 0.3 is 0 Å². The summed E-state index contributed by atoms with van der Waals surface area (Å²) >= 11 is 0. The first kappa shape index (κ1) is 10.7. The number of rotatable bonds is 2. The van der Waals surface area contributed by atoms with Crippen molar-refractivity contribution in [2.24, 2.45) is 0 Å². The van der Waals surface area contributed by atoms with Gasteiger partial charge in [-0.2, -0.15) is 0 Å². The van der Waals surface area contributed by atoms with Crippen molar-refractivity contribution >= 4 is 11.8 Å². The van der Waals surface area contributed by atoms with Crippen molar-refractivity contribution < 1.29 is 4.79 Å². The van der Waals surface area contributed by atoms with Gasteiger partial charge in [0, 0.05) is 5.56 Å². The zero-order valence-electron chi connectivity index (χ0n) is 10.00. The first-order valence-electron chi connectivity index (χ1n) is 5.80. The number of aldehydes is 1. The van der Waals surface area contributed by atoms with Gasteiger partial charge in [0.25, 0.3) is 0 Å². The Morgan fingerprint density at radius 2 is 1.83 bits per heavy atom. The number of hydrogen-bond acceptors (Lipinski definition) is 2. The van der Waals surface area contributed by atoms with Crippen molar-refractivity contribution in [2.75, 3.05) is 0 Å². The predicted octanol–water partition coefficient (Wildman–Crippen LogP) is 3.12. The molecule has 0 saturated carbocycles. The van der Waals surface area contributed by atoms with Crippen LogP contribution in [0.2, 0.25) is 0 Å². The van der Waals surface area contributed by atoms with Crippen molar-refractivity contribution in [3.05, 3.63) is 59.9 Å². The van der Waals surface area contributed by atoms with Crippen molar-refractivity contribution in [1.82, 2.24) is 9.38 Å². The van der Waals surface area contributed by atoms with E-state index in [1.807, 2.05) is 53.8 Å². The Labute approximate surface area is 105 Å². The minimum absolute atomic E-state index is 0.618. The van der Waals surface area contributed by atoms with Crippen LogP contribution in [0.25, 0.3) is 16.9 Å². The number of hydrogen-bond donors (Lipinski definition) is 0. The van der Waals surface area contributed by atoms with Gasteiger partial charge in [0.2, 0.25) is 0 Å². The van der Waals surface area contributed by atoms with Crippen LogP contribution in [-0.4, -0.2) is 15.7 Å². The van der Waals surface area contributed by atoms with Crippen LogP contribution in [0.15, 0.2) is 48.5 Å². The fraction of sp³-hybridized carbons (Fsp3) is 0.0667. The van der Waals surface area contributed by atoms with Crippen molar-refractivity contribution in [1.29, 1.82) is 0 Å². The molecule has 0 aliphatic rings. The largest absolute Gasteiger partial charge is 0.296 e. The van der Waals surface area contributed by atoms with E-state index in [2.05, 4.69) is 4.98 Å². The lowest BCUT2D eigenvalue weighted by atomic mass is 10.2. The van der Waals surface area contributed by atoms with Gasteiger partial charge in [-0.05, 0) is 19.1 Å². The second kappa shape index (κ2) is 4.11. The second-order valence-corrected chi connectivity index (χ2v) is 4.18. The first-order chi connectivity index (χ1) is 8.81. The molecule has 0 fully saturated rings. The number of benzene rings is 1. The zero-order valence-corrected chi connectivity index (χ0v) is 10.00. The minimum Gasteiger partial charge on any atom is -0.296 e. The quantitative estimate of drug-likeness (QED) is 0.641. The molecule has 3 nitrogen and oxygen atoms in total. The molecule has 0 saturated heterocycles. The Balaban J connectivity index is 2.40. The molecule has 3 heteroatoms. The summed E-state index contributed by atoms with van der Waals surface area (Å²) in [6, 6.07) is 15.5. The third kappa shape index (κ3) is 1.52. The van der Waals surface area contributed by atoms with Gasteiger partial charge in [0.15, 0.2) is 6.29 Å². The smallest absolute Gasteiger partial charge is 0.166 e. The summed E-state index contributed by atoms with van der Waals surface area (Å²) < 4.78 is 1.90. The molecule has 18 heavy (non-hydrogen) atoms. The van der Waals surface area contributed by atoms with Crippen LogP contribution >= 0.6 is 0 Å². The van der Waals surface area contributed by atoms with E-state index in [-0.39, 0.29) is 0 Å². The number of carbonyl (C=O) groups is 1. The van der Waals surface area contributed by atoms with Crippen LogP contribution in [0.1, 0.15) is 16.2 Å². The number of aryl methyl sites for hydroxylation is 1. The van der Waals surface area contributed by atoms with Crippen molar-refractivity contribution in [3.8, 4) is 11.4 Å². The number of nitrogens with zero attached hydrogens (tertiary/aromatic N) is 2. The first-order valence-corrected chi connectivity index (χ1v) is 5.80.